The summed E-state index contributed by atoms with van der Waals surface area (Å²) in [7, 11) is 0. The predicted molar refractivity (Wildman–Crippen MR) is 93.7 cm³/mol. The average molecular weight is 396 g/mol. The Morgan fingerprint density at radius 2 is 2.07 bits per heavy atom. The summed E-state index contributed by atoms with van der Waals surface area (Å²) in [4.78, 5) is 26.1. The number of halogens is 3. The number of anilines is 1. The maximum absolute atomic E-state index is 13.4. The third kappa shape index (κ3) is 4.10. The van der Waals surface area contributed by atoms with Crippen molar-refractivity contribution in [3.63, 3.8) is 0 Å². The number of fused-ring (bicyclic) bond motifs is 1. The molecule has 1 atom stereocenters. The van der Waals surface area contributed by atoms with Gasteiger partial charge in [-0.05, 0) is 37.6 Å². The molecular weight excluding hydrogens is 377 g/mol. The topological polar surface area (TPSA) is 87.5 Å². The molecule has 1 aliphatic rings. The van der Waals surface area contributed by atoms with Crippen LogP contribution < -0.4 is 10.6 Å². The highest BCUT2D eigenvalue weighted by Crippen LogP contribution is 2.23. The summed E-state index contributed by atoms with van der Waals surface area (Å²) in [6.07, 6.45) is -2.36. The molecule has 0 radical (unpaired) electrons. The molecule has 0 saturated heterocycles. The predicted octanol–water partition coefficient (Wildman–Crippen LogP) is 3.10. The molecule has 10 heteroatoms. The van der Waals surface area contributed by atoms with Crippen molar-refractivity contribution < 1.29 is 27.3 Å². The minimum Gasteiger partial charge on any atom is -0.350 e. The van der Waals surface area contributed by atoms with E-state index in [1.165, 1.54) is 30.0 Å². The first kappa shape index (κ1) is 19.7. The zero-order valence-electron chi connectivity index (χ0n) is 15.3. The van der Waals surface area contributed by atoms with Gasteiger partial charge in [0.25, 0.3) is 12.3 Å². The van der Waals surface area contributed by atoms with Gasteiger partial charge in [-0.15, -0.1) is 0 Å². The Bertz CT molecular complexity index is 900. The molecule has 1 aliphatic heterocycles. The second-order valence-electron chi connectivity index (χ2n) is 6.60. The van der Waals surface area contributed by atoms with Crippen molar-refractivity contribution in [2.75, 3.05) is 11.9 Å². The van der Waals surface area contributed by atoms with Crippen LogP contribution in [0.5, 0.6) is 0 Å². The molecule has 0 aliphatic carbocycles. The summed E-state index contributed by atoms with van der Waals surface area (Å²) < 4.78 is 43.7. The number of urea groups is 1. The van der Waals surface area contributed by atoms with E-state index in [1.807, 2.05) is 0 Å². The van der Waals surface area contributed by atoms with E-state index in [0.29, 0.717) is 35.5 Å². The lowest BCUT2D eigenvalue weighted by Gasteiger charge is -2.26. The van der Waals surface area contributed by atoms with Gasteiger partial charge >= 0.3 is 6.03 Å². The maximum atomic E-state index is 13.4. The maximum Gasteiger partial charge on any atom is 0.322 e. The lowest BCUT2D eigenvalue weighted by molar-refractivity contribution is 0.0749. The van der Waals surface area contributed by atoms with Crippen LogP contribution in [0.15, 0.2) is 22.7 Å². The molecule has 2 N–H and O–H groups in total. The molecule has 2 heterocycles. The third-order valence-electron chi connectivity index (χ3n) is 4.48. The molecule has 0 fully saturated rings. The van der Waals surface area contributed by atoms with Gasteiger partial charge in [-0.1, -0.05) is 5.16 Å². The van der Waals surface area contributed by atoms with Crippen LogP contribution in [0.2, 0.25) is 0 Å². The SMILES string of the molecule is Cc1cc(NC(=O)N2CCc3noc(C(=O)N[C@H](C)C(F)F)c3C2)ccc1F. The van der Waals surface area contributed by atoms with Gasteiger partial charge in [-0.2, -0.15) is 0 Å². The molecular formula is C18H19F3N4O3. The zero-order valence-corrected chi connectivity index (χ0v) is 15.3. The summed E-state index contributed by atoms with van der Waals surface area (Å²) in [5.74, 6) is -1.37. The number of amides is 3. The van der Waals surface area contributed by atoms with Crippen molar-refractivity contribution in [3.8, 4) is 0 Å². The second-order valence-corrected chi connectivity index (χ2v) is 6.60. The van der Waals surface area contributed by atoms with Crippen LogP contribution in [0.3, 0.4) is 0 Å². The highest BCUT2D eigenvalue weighted by molar-refractivity contribution is 5.94. The fraction of sp³-hybridized carbons (Fsp3) is 0.389. The monoisotopic (exact) mass is 396 g/mol. The van der Waals surface area contributed by atoms with Crippen molar-refractivity contribution in [3.05, 3.63) is 46.6 Å². The number of carbonyl (C=O) groups is 2. The first-order valence-corrected chi connectivity index (χ1v) is 8.64. The fourth-order valence-electron chi connectivity index (χ4n) is 2.82. The Balaban J connectivity index is 1.71. The van der Waals surface area contributed by atoms with E-state index in [0.717, 1.165) is 0 Å². The van der Waals surface area contributed by atoms with Crippen molar-refractivity contribution in [2.45, 2.75) is 39.3 Å². The Kier molecular flexibility index (Phi) is 5.57. The van der Waals surface area contributed by atoms with Gasteiger partial charge in [0.1, 0.15) is 5.82 Å². The molecule has 0 saturated carbocycles. The minimum atomic E-state index is -2.72. The quantitative estimate of drug-likeness (QED) is 0.832. The van der Waals surface area contributed by atoms with Crippen molar-refractivity contribution in [2.24, 2.45) is 0 Å². The number of nitrogens with one attached hydrogen (secondary N) is 2. The average Bonchev–Trinajstić information content (AvgIpc) is 3.07. The lowest BCUT2D eigenvalue weighted by atomic mass is 10.1. The standard InChI is InChI=1S/C18H19F3N4O3/c1-9-7-11(3-4-13(9)19)23-18(27)25-6-5-14-12(8-25)15(28-24-14)17(26)22-10(2)16(20)21/h3-4,7,10,16H,5-6,8H2,1-2H3,(H,22,26)(H,23,27)/t10-/m1/s1. The molecule has 3 rings (SSSR count). The normalized spacial score (nSPS) is 14.6. The highest BCUT2D eigenvalue weighted by atomic mass is 19.3. The Hall–Kier alpha value is -3.04. The van der Waals surface area contributed by atoms with E-state index in [2.05, 4.69) is 15.8 Å². The number of carbonyl (C=O) groups excluding carboxylic acids is 2. The molecule has 0 bridgehead atoms. The number of nitrogens with zero attached hydrogens (tertiary/aromatic N) is 2. The Morgan fingerprint density at radius 1 is 1.32 bits per heavy atom. The van der Waals surface area contributed by atoms with Gasteiger partial charge in [0.2, 0.25) is 5.76 Å². The third-order valence-corrected chi connectivity index (χ3v) is 4.48. The highest BCUT2D eigenvalue weighted by Gasteiger charge is 2.31. The zero-order chi connectivity index (χ0) is 20.4. The van der Waals surface area contributed by atoms with E-state index in [4.69, 9.17) is 4.52 Å². The number of benzene rings is 1. The lowest BCUT2D eigenvalue weighted by Crippen LogP contribution is -2.41. The first-order chi connectivity index (χ1) is 13.3. The molecule has 0 unspecified atom stereocenters. The van der Waals surface area contributed by atoms with Crippen LogP contribution >= 0.6 is 0 Å². The number of aryl methyl sites for hydroxylation is 1. The van der Waals surface area contributed by atoms with Gasteiger partial charge in [0.15, 0.2) is 0 Å². The van der Waals surface area contributed by atoms with Gasteiger partial charge in [0, 0.05) is 24.2 Å². The fourth-order valence-corrected chi connectivity index (χ4v) is 2.82. The molecule has 1 aromatic carbocycles. The second kappa shape index (κ2) is 7.91. The number of hydrogen-bond acceptors (Lipinski definition) is 4. The van der Waals surface area contributed by atoms with Crippen LogP contribution in [-0.2, 0) is 13.0 Å². The molecule has 28 heavy (non-hydrogen) atoms. The van der Waals surface area contributed by atoms with E-state index in [-0.39, 0.29) is 18.1 Å². The summed E-state index contributed by atoms with van der Waals surface area (Å²) in [5, 5.41) is 8.62. The largest absolute Gasteiger partial charge is 0.350 e. The molecule has 7 nitrogen and oxygen atoms in total. The van der Waals surface area contributed by atoms with Gasteiger partial charge in [0.05, 0.1) is 18.3 Å². The van der Waals surface area contributed by atoms with E-state index >= 15 is 0 Å². The van der Waals surface area contributed by atoms with Crippen molar-refractivity contribution in [1.29, 1.82) is 0 Å². The van der Waals surface area contributed by atoms with Gasteiger partial charge in [-0.3, -0.25) is 4.79 Å². The molecule has 2 aromatic rings. The van der Waals surface area contributed by atoms with Crippen LogP contribution in [-0.4, -0.2) is 41.0 Å². The Morgan fingerprint density at radius 3 is 2.75 bits per heavy atom. The van der Waals surface area contributed by atoms with Crippen LogP contribution in [0.4, 0.5) is 23.7 Å². The summed E-state index contributed by atoms with van der Waals surface area (Å²) in [5.41, 5.74) is 1.72. The van der Waals surface area contributed by atoms with E-state index in [9.17, 15) is 22.8 Å². The van der Waals surface area contributed by atoms with Crippen LogP contribution in [0, 0.1) is 12.7 Å². The smallest absolute Gasteiger partial charge is 0.322 e. The summed E-state index contributed by atoms with van der Waals surface area (Å²) in [6.45, 7) is 3.13. The Labute approximate surface area is 158 Å². The summed E-state index contributed by atoms with van der Waals surface area (Å²) in [6, 6.07) is 2.42. The number of aromatic nitrogens is 1. The molecule has 150 valence electrons. The van der Waals surface area contributed by atoms with Crippen molar-refractivity contribution in [1.82, 2.24) is 15.4 Å². The van der Waals surface area contributed by atoms with Gasteiger partial charge < -0.3 is 20.1 Å². The number of hydrogen-bond donors (Lipinski definition) is 2. The van der Waals surface area contributed by atoms with Crippen LogP contribution in [0.25, 0.3) is 0 Å². The van der Waals surface area contributed by atoms with E-state index < -0.39 is 24.4 Å². The number of alkyl halides is 2. The van der Waals surface area contributed by atoms with Gasteiger partial charge in [-0.25, -0.2) is 18.0 Å². The first-order valence-electron chi connectivity index (χ1n) is 8.64. The molecule has 1 aromatic heterocycles. The minimum absolute atomic E-state index is 0.0383. The number of rotatable bonds is 4. The summed E-state index contributed by atoms with van der Waals surface area (Å²) >= 11 is 0. The molecule has 3 amide bonds. The molecule has 0 spiro atoms. The van der Waals surface area contributed by atoms with E-state index in [1.54, 1.807) is 6.92 Å². The van der Waals surface area contributed by atoms with Crippen molar-refractivity contribution >= 4 is 17.6 Å². The van der Waals surface area contributed by atoms with Crippen LogP contribution in [0.1, 0.15) is 34.3 Å².